The van der Waals surface area contributed by atoms with E-state index in [1.54, 1.807) is 0 Å². The molecule has 50 heavy (non-hydrogen) atoms. The lowest BCUT2D eigenvalue weighted by atomic mass is 9.77. The molecule has 0 aliphatic carbocycles. The van der Waals surface area contributed by atoms with Gasteiger partial charge in [0, 0.05) is 0 Å². The molecule has 0 radical (unpaired) electrons. The lowest BCUT2D eigenvalue weighted by Gasteiger charge is -2.25. The van der Waals surface area contributed by atoms with Crippen LogP contribution in [0.25, 0.3) is 98.4 Å². The molecule has 232 valence electrons. The van der Waals surface area contributed by atoms with Gasteiger partial charge in [-0.15, -0.1) is 0 Å². The Morgan fingerprint density at radius 3 is 0.880 bits per heavy atom. The summed E-state index contributed by atoms with van der Waals surface area (Å²) in [5.74, 6) is 0. The number of fused-ring (bicyclic) bond motifs is 5. The third kappa shape index (κ3) is 4.46. The Labute approximate surface area is 291 Å². The van der Waals surface area contributed by atoms with Crippen LogP contribution in [0.1, 0.15) is 0 Å². The summed E-state index contributed by atoms with van der Waals surface area (Å²) in [5.41, 5.74) is 9.96. The zero-order valence-electron chi connectivity index (χ0n) is 27.5. The summed E-state index contributed by atoms with van der Waals surface area (Å²) in [5, 5.41) is 12.6. The average molecular weight is 633 g/mol. The Kier molecular flexibility index (Phi) is 6.60. The molecule has 10 aromatic carbocycles. The van der Waals surface area contributed by atoms with Crippen LogP contribution in [0.3, 0.4) is 0 Å². The predicted octanol–water partition coefficient (Wildman–Crippen LogP) is 14.1. The molecule has 0 heterocycles. The summed E-state index contributed by atoms with van der Waals surface area (Å²) >= 11 is 0. The van der Waals surface area contributed by atoms with Gasteiger partial charge in [0.15, 0.2) is 0 Å². The van der Waals surface area contributed by atoms with E-state index in [9.17, 15) is 0 Å². The van der Waals surface area contributed by atoms with Crippen LogP contribution in [0.4, 0.5) is 0 Å². The van der Waals surface area contributed by atoms with Crippen molar-refractivity contribution in [2.24, 2.45) is 0 Å². The SMILES string of the molecule is c1ccc(-c2c3ccccc3c(-c3ccccc3)c3c(-c4ccc5ccccc5c4)c4ccccc4c(-c4ccc5ccccc5c4)c23)cc1. The summed E-state index contributed by atoms with van der Waals surface area (Å²) in [6, 6.07) is 71.5. The molecule has 0 nitrogen and oxygen atoms in total. The van der Waals surface area contributed by atoms with E-state index >= 15 is 0 Å². The molecule has 0 heteroatoms. The quantitative estimate of drug-likeness (QED) is 0.169. The highest BCUT2D eigenvalue weighted by Crippen LogP contribution is 2.53. The molecule has 0 atom stereocenters. The molecule has 0 spiro atoms. The Morgan fingerprint density at radius 1 is 0.200 bits per heavy atom. The topological polar surface area (TPSA) is 0 Å². The van der Waals surface area contributed by atoms with Crippen LogP contribution in [-0.4, -0.2) is 0 Å². The second kappa shape index (κ2) is 11.6. The minimum atomic E-state index is 1.22. The fraction of sp³-hybridized carbons (Fsp3) is 0. The van der Waals surface area contributed by atoms with Gasteiger partial charge in [-0.1, -0.05) is 182 Å². The van der Waals surface area contributed by atoms with E-state index in [-0.39, 0.29) is 0 Å². The van der Waals surface area contributed by atoms with Crippen LogP contribution in [0.15, 0.2) is 194 Å². The molecule has 0 bridgehead atoms. The highest BCUT2D eigenvalue weighted by atomic mass is 14.3. The Hall–Kier alpha value is -6.50. The van der Waals surface area contributed by atoms with Crippen molar-refractivity contribution < 1.29 is 0 Å². The van der Waals surface area contributed by atoms with Crippen LogP contribution in [0, 0.1) is 0 Å². The number of rotatable bonds is 4. The minimum absolute atomic E-state index is 1.22. The first kappa shape index (κ1) is 28.5. The molecular weight excluding hydrogens is 601 g/mol. The van der Waals surface area contributed by atoms with Crippen LogP contribution in [-0.2, 0) is 0 Å². The van der Waals surface area contributed by atoms with E-state index < -0.39 is 0 Å². The van der Waals surface area contributed by atoms with Gasteiger partial charge in [0.25, 0.3) is 0 Å². The zero-order valence-corrected chi connectivity index (χ0v) is 27.5. The van der Waals surface area contributed by atoms with Gasteiger partial charge in [0.1, 0.15) is 0 Å². The molecule has 10 aromatic rings. The van der Waals surface area contributed by atoms with E-state index in [1.807, 2.05) is 0 Å². The number of hydrogen-bond acceptors (Lipinski definition) is 0. The van der Waals surface area contributed by atoms with Gasteiger partial charge in [-0.05, 0) is 111 Å². The van der Waals surface area contributed by atoms with Crippen LogP contribution < -0.4 is 0 Å². The van der Waals surface area contributed by atoms with E-state index in [4.69, 9.17) is 0 Å². The second-order valence-electron chi connectivity index (χ2n) is 13.2. The molecule has 0 fully saturated rings. The smallest absolute Gasteiger partial charge is 0.000139 e. The van der Waals surface area contributed by atoms with Gasteiger partial charge in [0.2, 0.25) is 0 Å². The first-order valence-corrected chi connectivity index (χ1v) is 17.4. The normalized spacial score (nSPS) is 11.6. The third-order valence-electron chi connectivity index (χ3n) is 10.4. The summed E-state index contributed by atoms with van der Waals surface area (Å²) in [6.45, 7) is 0. The van der Waals surface area contributed by atoms with Crippen molar-refractivity contribution in [2.75, 3.05) is 0 Å². The first-order chi connectivity index (χ1) is 24.8. The Balaban J connectivity index is 1.53. The fourth-order valence-electron chi connectivity index (χ4n) is 8.23. The Morgan fingerprint density at radius 2 is 0.500 bits per heavy atom. The van der Waals surface area contributed by atoms with Crippen LogP contribution >= 0.6 is 0 Å². The van der Waals surface area contributed by atoms with Crippen LogP contribution in [0.5, 0.6) is 0 Å². The molecule has 0 saturated carbocycles. The van der Waals surface area contributed by atoms with Crippen molar-refractivity contribution in [3.05, 3.63) is 194 Å². The first-order valence-electron chi connectivity index (χ1n) is 17.4. The second-order valence-corrected chi connectivity index (χ2v) is 13.2. The lowest BCUT2D eigenvalue weighted by molar-refractivity contribution is 1.64. The van der Waals surface area contributed by atoms with Crippen LogP contribution in [0.2, 0.25) is 0 Å². The summed E-state index contributed by atoms with van der Waals surface area (Å²) in [6.07, 6.45) is 0. The van der Waals surface area contributed by atoms with Crippen molar-refractivity contribution in [3.8, 4) is 44.5 Å². The summed E-state index contributed by atoms with van der Waals surface area (Å²) in [4.78, 5) is 0. The standard InChI is InChI=1S/C50H32/c1-3-17-35(18-4-1)45-41-23-11-12-24-42(41)46(36-19-5-2-6-20-36)50-48(40-30-28-34-16-8-10-22-38(34)32-40)44-26-14-13-25-43(44)47(49(45)50)39-29-27-33-15-7-9-21-37(33)31-39/h1-32H. The maximum atomic E-state index is 2.39. The zero-order chi connectivity index (χ0) is 33.0. The van der Waals surface area contributed by atoms with Crippen molar-refractivity contribution >= 4 is 53.9 Å². The number of hydrogen-bond donors (Lipinski definition) is 0. The van der Waals surface area contributed by atoms with Crippen molar-refractivity contribution in [3.63, 3.8) is 0 Å². The molecular formula is C50H32. The van der Waals surface area contributed by atoms with Crippen molar-refractivity contribution in [1.82, 2.24) is 0 Å². The predicted molar refractivity (Wildman–Crippen MR) is 216 cm³/mol. The molecule has 10 rings (SSSR count). The maximum Gasteiger partial charge on any atom is -0.000139 e. The third-order valence-corrected chi connectivity index (χ3v) is 10.4. The highest BCUT2D eigenvalue weighted by molar-refractivity contribution is 6.34. The Bertz CT molecular complexity index is 2700. The fourth-order valence-corrected chi connectivity index (χ4v) is 8.23. The van der Waals surface area contributed by atoms with E-state index in [0.717, 1.165) is 0 Å². The highest BCUT2D eigenvalue weighted by Gasteiger charge is 2.26. The van der Waals surface area contributed by atoms with Gasteiger partial charge in [-0.2, -0.15) is 0 Å². The monoisotopic (exact) mass is 632 g/mol. The largest absolute Gasteiger partial charge is 0.0622 e. The van der Waals surface area contributed by atoms with Gasteiger partial charge >= 0.3 is 0 Å². The maximum absolute atomic E-state index is 2.39. The van der Waals surface area contributed by atoms with Gasteiger partial charge in [-0.25, -0.2) is 0 Å². The van der Waals surface area contributed by atoms with Gasteiger partial charge in [-0.3, -0.25) is 0 Å². The molecule has 0 amide bonds. The minimum Gasteiger partial charge on any atom is -0.0622 e. The summed E-state index contributed by atoms with van der Waals surface area (Å²) in [7, 11) is 0. The van der Waals surface area contributed by atoms with Gasteiger partial charge < -0.3 is 0 Å². The van der Waals surface area contributed by atoms with Crippen molar-refractivity contribution in [2.45, 2.75) is 0 Å². The summed E-state index contributed by atoms with van der Waals surface area (Å²) < 4.78 is 0. The van der Waals surface area contributed by atoms with E-state index in [0.29, 0.717) is 0 Å². The van der Waals surface area contributed by atoms with Gasteiger partial charge in [0.05, 0.1) is 0 Å². The molecule has 0 aromatic heterocycles. The molecule has 0 N–H and O–H groups in total. The number of benzene rings is 10. The van der Waals surface area contributed by atoms with Crippen molar-refractivity contribution in [1.29, 1.82) is 0 Å². The van der Waals surface area contributed by atoms with E-state index in [2.05, 4.69) is 194 Å². The molecule has 0 saturated heterocycles. The molecule has 0 unspecified atom stereocenters. The lowest BCUT2D eigenvalue weighted by Crippen LogP contribution is -1.97. The molecule has 0 aliphatic rings. The average Bonchev–Trinajstić information content (AvgIpc) is 3.19. The van der Waals surface area contributed by atoms with E-state index in [1.165, 1.54) is 98.4 Å². The molecule has 0 aliphatic heterocycles.